The summed E-state index contributed by atoms with van der Waals surface area (Å²) in [4.78, 5) is 12.7. The number of anilines is 10. The van der Waals surface area contributed by atoms with E-state index in [1.807, 2.05) is 0 Å². The lowest BCUT2D eigenvalue weighted by Crippen LogP contribution is -2.60. The van der Waals surface area contributed by atoms with Crippen LogP contribution in [0.4, 0.5) is 56.9 Å². The topological polar surface area (TPSA) is 25.4 Å². The van der Waals surface area contributed by atoms with Gasteiger partial charge in [-0.2, -0.15) is 0 Å². The van der Waals surface area contributed by atoms with E-state index in [9.17, 15) is 0 Å². The Morgan fingerprint density at radius 3 is 1.45 bits per heavy atom. The molecule has 0 N–H and O–H groups in total. The number of allylic oxidation sites excluding steroid dienone is 2. The minimum absolute atomic E-state index is 0.122. The summed E-state index contributed by atoms with van der Waals surface area (Å²) in [6, 6.07) is 123. The van der Waals surface area contributed by atoms with Crippen LogP contribution in [0.5, 0.6) is 11.5 Å². The fourth-order valence-electron chi connectivity index (χ4n) is 18.1. The van der Waals surface area contributed by atoms with Gasteiger partial charge in [-0.15, -0.1) is 0 Å². The van der Waals surface area contributed by atoms with Gasteiger partial charge in [-0.3, -0.25) is 0 Å². The van der Waals surface area contributed by atoms with Crippen molar-refractivity contribution in [1.29, 1.82) is 0 Å². The van der Waals surface area contributed by atoms with Crippen molar-refractivity contribution in [1.82, 2.24) is 0 Å². The maximum atomic E-state index is 8.12. The number of rotatable bonds is 15. The molecule has 0 amide bonds. The molecule has 13 aromatic rings. The normalized spacial score (nSPS) is 15.8. The summed E-state index contributed by atoms with van der Waals surface area (Å²) in [6.07, 6.45) is 2.05. The predicted octanol–water partition coefficient (Wildman–Crippen LogP) is 21.9. The predicted molar refractivity (Wildman–Crippen MR) is 431 cm³/mol. The molecule has 0 aromatic heterocycles. The van der Waals surface area contributed by atoms with Crippen molar-refractivity contribution in [2.45, 2.75) is 57.3 Å². The summed E-state index contributed by atoms with van der Waals surface area (Å²) in [5.41, 5.74) is 28.2. The van der Waals surface area contributed by atoms with E-state index < -0.39 is 10.8 Å². The van der Waals surface area contributed by atoms with Gasteiger partial charge in [0.05, 0.1) is 11.4 Å². The van der Waals surface area contributed by atoms with Crippen molar-refractivity contribution >= 4 is 98.1 Å². The Bertz CT molecular complexity index is 5280. The maximum absolute atomic E-state index is 8.12. The zero-order valence-electron chi connectivity index (χ0n) is 58.2. The Morgan fingerprint density at radius 2 is 0.902 bits per heavy atom. The number of hydrogen-bond acceptors (Lipinski definition) is 6. The molecule has 490 valence electrons. The van der Waals surface area contributed by atoms with Gasteiger partial charge in [0.25, 0.3) is 6.71 Å². The average Bonchev–Trinajstić information content (AvgIpc) is 1.42. The van der Waals surface area contributed by atoms with Gasteiger partial charge >= 0.3 is 0 Å². The largest absolute Gasteiger partial charge is 0.458 e. The van der Waals surface area contributed by atoms with Crippen LogP contribution >= 0.6 is 0 Å². The first kappa shape index (κ1) is 62.3. The molecule has 13 aromatic carbocycles. The molecule has 3 heterocycles. The second-order valence-corrected chi connectivity index (χ2v) is 28.8. The van der Waals surface area contributed by atoms with Crippen LogP contribution in [0.3, 0.4) is 0 Å². The van der Waals surface area contributed by atoms with E-state index in [0.29, 0.717) is 6.54 Å². The highest BCUT2D eigenvalue weighted by molar-refractivity contribution is 6.96. The molecule has 0 fully saturated rings. The fourth-order valence-corrected chi connectivity index (χ4v) is 18.1. The standard InChI is InChI=1S/C94H77B2N5O/c1-7-97(67-41-20-10-21-42-67)89-76-53-32-34-57-78(76)93(3,4)91(89)95-80-61-81-85(62-83(80)98(63-82(95)64(2)99(68-43-22-11-23-44-68)69-45-24-12-25-46-69)88-74(65-37-16-8-17-38-65)55-36-56-75(88)66-39-18-9-19-40-66)102-86-60-73(100(70-47-26-13-27-48-70)71-49-28-14-29-50-71)59-84-87(86)96(81)92-90(101(84)72-51-30-15-31-52-72)77-54-33-35-58-79(77)94(92,5)6/h7-62,64,82H,1,63H2,2-6H3/t64-,82?/m0/s1. The first-order valence-corrected chi connectivity index (χ1v) is 35.9. The smallest absolute Gasteiger partial charge is 0.252 e. The van der Waals surface area contributed by atoms with Gasteiger partial charge in [0.2, 0.25) is 6.71 Å². The summed E-state index contributed by atoms with van der Waals surface area (Å²) in [7, 11) is 0. The summed E-state index contributed by atoms with van der Waals surface area (Å²) in [6.45, 7) is 17.3. The monoisotopic (exact) mass is 1310 g/mol. The summed E-state index contributed by atoms with van der Waals surface area (Å²) in [5, 5.41) is 0. The lowest BCUT2D eigenvalue weighted by Gasteiger charge is -2.49. The highest BCUT2D eigenvalue weighted by Crippen LogP contribution is 2.59. The maximum Gasteiger partial charge on any atom is 0.252 e. The summed E-state index contributed by atoms with van der Waals surface area (Å²) < 4.78 is 8.12. The number of nitrogens with zero attached hydrogens (tertiary/aromatic N) is 5. The van der Waals surface area contributed by atoms with E-state index in [1.165, 1.54) is 50.1 Å². The fraction of sp³-hybridized carbons (Fsp3) is 0.106. The second-order valence-electron chi connectivity index (χ2n) is 28.8. The van der Waals surface area contributed by atoms with Crippen LogP contribution < -0.4 is 45.6 Å². The van der Waals surface area contributed by atoms with Crippen molar-refractivity contribution in [2.75, 3.05) is 31.0 Å². The highest BCUT2D eigenvalue weighted by Gasteiger charge is 2.56. The highest BCUT2D eigenvalue weighted by atomic mass is 16.5. The van der Waals surface area contributed by atoms with Crippen molar-refractivity contribution in [3.8, 4) is 33.8 Å². The minimum Gasteiger partial charge on any atom is -0.458 e. The van der Waals surface area contributed by atoms with Crippen LogP contribution in [0.2, 0.25) is 5.82 Å². The van der Waals surface area contributed by atoms with Gasteiger partial charge in [0, 0.05) is 121 Å². The summed E-state index contributed by atoms with van der Waals surface area (Å²) in [5.74, 6) is 1.55. The van der Waals surface area contributed by atoms with Crippen molar-refractivity contribution in [3.05, 3.63) is 380 Å². The van der Waals surface area contributed by atoms with E-state index in [2.05, 4.69) is 399 Å². The molecule has 3 aliphatic heterocycles. The molecule has 0 saturated heterocycles. The van der Waals surface area contributed by atoms with E-state index in [-0.39, 0.29) is 25.3 Å². The number of ether oxygens (including phenoxy) is 1. The molecule has 0 bridgehead atoms. The molecular weight excluding hydrogens is 1240 g/mol. The van der Waals surface area contributed by atoms with Gasteiger partial charge in [-0.25, -0.2) is 0 Å². The van der Waals surface area contributed by atoms with Gasteiger partial charge in [0.15, 0.2) is 0 Å². The first-order valence-electron chi connectivity index (χ1n) is 35.9. The van der Waals surface area contributed by atoms with Crippen LogP contribution in [0.1, 0.15) is 56.9 Å². The Hall–Kier alpha value is -12.0. The SMILES string of the molecule is C=CN(C1=C(B2c3cc4c(cc3N(c3c(-c5ccccc5)cccc3-c3ccccc3)CC2[C@H](C)N(c2ccccc2)c2ccccc2)Oc2cc(N(c3ccccc3)c3ccccc3)cc3c2B4C2=C(c4ccccc4C2(C)C)N3c2ccccc2)C(C)(C)c2ccccc21)c1ccccc1. The van der Waals surface area contributed by atoms with Crippen LogP contribution in [-0.2, 0) is 10.8 Å². The van der Waals surface area contributed by atoms with Gasteiger partial charge in [0.1, 0.15) is 11.5 Å². The molecule has 5 aliphatic rings. The van der Waals surface area contributed by atoms with E-state index in [1.54, 1.807) is 0 Å². The van der Waals surface area contributed by atoms with E-state index >= 15 is 0 Å². The van der Waals surface area contributed by atoms with Gasteiger partial charge in [-0.05, 0) is 125 Å². The lowest BCUT2D eigenvalue weighted by atomic mass is 9.26. The Morgan fingerprint density at radius 1 is 0.441 bits per heavy atom. The van der Waals surface area contributed by atoms with Gasteiger partial charge < -0.3 is 29.2 Å². The molecule has 1 unspecified atom stereocenters. The molecule has 2 atom stereocenters. The molecule has 0 radical (unpaired) electrons. The molecule has 18 rings (SSSR count). The molecule has 0 spiro atoms. The Balaban J connectivity index is 0.993. The number of hydrogen-bond donors (Lipinski definition) is 0. The molecule has 102 heavy (non-hydrogen) atoms. The van der Waals surface area contributed by atoms with Crippen molar-refractivity contribution in [3.63, 3.8) is 0 Å². The van der Waals surface area contributed by atoms with Crippen molar-refractivity contribution < 1.29 is 4.74 Å². The number of fused-ring (bicyclic) bond motifs is 7. The van der Waals surface area contributed by atoms with Crippen LogP contribution in [-0.4, -0.2) is 26.0 Å². The third kappa shape index (κ3) is 10.0. The number of benzene rings is 13. The molecule has 0 saturated carbocycles. The number of para-hydroxylation sites is 7. The first-order chi connectivity index (χ1) is 50.1. The van der Waals surface area contributed by atoms with Crippen LogP contribution in [0, 0.1) is 0 Å². The summed E-state index contributed by atoms with van der Waals surface area (Å²) >= 11 is 0. The minimum atomic E-state index is -0.511. The molecule has 6 nitrogen and oxygen atoms in total. The average molecular weight is 1310 g/mol. The third-order valence-corrected chi connectivity index (χ3v) is 22.5. The second kappa shape index (κ2) is 25.0. The lowest BCUT2D eigenvalue weighted by molar-refractivity contribution is 0.487. The molecule has 2 aliphatic carbocycles. The third-order valence-electron chi connectivity index (χ3n) is 22.5. The van der Waals surface area contributed by atoms with E-state index in [0.717, 1.165) is 102 Å². The zero-order chi connectivity index (χ0) is 68.8. The van der Waals surface area contributed by atoms with Gasteiger partial charge in [-0.1, -0.05) is 293 Å². The van der Waals surface area contributed by atoms with Crippen LogP contribution in [0.25, 0.3) is 33.6 Å². The quantitative estimate of drug-likeness (QED) is 0.0949. The van der Waals surface area contributed by atoms with Crippen LogP contribution in [0.15, 0.2) is 357 Å². The molecule has 8 heteroatoms. The zero-order valence-corrected chi connectivity index (χ0v) is 58.2. The Kier molecular flexibility index (Phi) is 15.3. The van der Waals surface area contributed by atoms with Crippen molar-refractivity contribution in [2.24, 2.45) is 0 Å². The Labute approximate surface area is 600 Å². The van der Waals surface area contributed by atoms with E-state index in [4.69, 9.17) is 11.3 Å². The molecular formula is C94H77B2N5O.